The first-order chi connectivity index (χ1) is 15.5. The number of ether oxygens (including phenoxy) is 2. The van der Waals surface area contributed by atoms with Gasteiger partial charge in [-0.2, -0.15) is 4.79 Å². The highest BCUT2D eigenvalue weighted by Gasteiger charge is 2.28. The molecule has 1 fully saturated rings. The average molecular weight is 448 g/mol. The highest BCUT2D eigenvalue weighted by Crippen LogP contribution is 2.35. The van der Waals surface area contributed by atoms with E-state index in [2.05, 4.69) is 5.32 Å². The number of carbonyl (C=O) groups excluding carboxylic acids is 2. The lowest BCUT2D eigenvalue weighted by Gasteiger charge is -2.09. The number of cyclic esters (lactones) is 1. The number of para-hydroxylation sites is 1. The molecular formula is C25H20ClN2O4+. The van der Waals surface area contributed by atoms with Crippen molar-refractivity contribution in [3.8, 4) is 11.5 Å². The molecule has 5 rings (SSSR count). The fourth-order valence-electron chi connectivity index (χ4n) is 3.85. The van der Waals surface area contributed by atoms with Crippen LogP contribution in [-0.2, 0) is 16.0 Å². The van der Waals surface area contributed by atoms with Crippen LogP contribution in [0, 0.1) is 0 Å². The van der Waals surface area contributed by atoms with Crippen LogP contribution in [0.25, 0.3) is 11.6 Å². The summed E-state index contributed by atoms with van der Waals surface area (Å²) in [5.74, 6) is 1.14. The highest BCUT2D eigenvalue weighted by atomic mass is 35.5. The van der Waals surface area contributed by atoms with Gasteiger partial charge in [-0.15, -0.1) is 0 Å². The first-order valence-corrected chi connectivity index (χ1v) is 10.6. The Morgan fingerprint density at radius 3 is 2.59 bits per heavy atom. The summed E-state index contributed by atoms with van der Waals surface area (Å²) in [6.45, 7) is 0.436. The van der Waals surface area contributed by atoms with Gasteiger partial charge in [0.25, 0.3) is 5.91 Å². The van der Waals surface area contributed by atoms with Gasteiger partial charge in [0.1, 0.15) is 24.1 Å². The zero-order valence-corrected chi connectivity index (χ0v) is 17.8. The maximum Gasteiger partial charge on any atom is 0.513 e. The van der Waals surface area contributed by atoms with Gasteiger partial charge in [-0.05, 0) is 53.6 Å². The minimum atomic E-state index is -0.247. The normalized spacial score (nSPS) is 18.4. The van der Waals surface area contributed by atoms with E-state index >= 15 is 0 Å². The molecule has 2 heterocycles. The molecule has 2 amide bonds. The van der Waals surface area contributed by atoms with Crippen LogP contribution in [0.4, 0.5) is 10.5 Å². The van der Waals surface area contributed by atoms with Gasteiger partial charge < -0.3 is 14.8 Å². The number of nitrogens with one attached hydrogen (secondary N) is 1. The molecule has 3 aromatic carbocycles. The molecule has 2 aliphatic heterocycles. The van der Waals surface area contributed by atoms with E-state index in [4.69, 9.17) is 21.1 Å². The van der Waals surface area contributed by atoms with E-state index in [1.165, 1.54) is 0 Å². The third-order valence-corrected chi connectivity index (χ3v) is 5.78. The second kappa shape index (κ2) is 8.49. The minimum Gasteiger partial charge on any atom is -0.457 e. The number of halogens is 1. The smallest absolute Gasteiger partial charge is 0.457 e. The Labute approximate surface area is 189 Å². The molecule has 1 unspecified atom stereocenters. The number of carbonyl (C=O) groups is 2. The summed E-state index contributed by atoms with van der Waals surface area (Å²) in [7, 11) is 0. The van der Waals surface area contributed by atoms with Crippen LogP contribution in [0.15, 0.2) is 66.7 Å². The molecule has 3 N–H and O–H groups in total. The molecule has 6 nitrogen and oxygen atoms in total. The maximum absolute atomic E-state index is 12.3. The Balaban J connectivity index is 1.29. The number of hydrogen-bond donors (Lipinski definition) is 2. The Morgan fingerprint density at radius 1 is 1.06 bits per heavy atom. The molecule has 2 aliphatic rings. The molecule has 0 saturated carbocycles. The van der Waals surface area contributed by atoms with Crippen LogP contribution in [0.2, 0.25) is 5.02 Å². The van der Waals surface area contributed by atoms with E-state index < -0.39 is 0 Å². The van der Waals surface area contributed by atoms with Crippen LogP contribution in [0.3, 0.4) is 0 Å². The van der Waals surface area contributed by atoms with E-state index in [0.29, 0.717) is 28.7 Å². The van der Waals surface area contributed by atoms with Crippen LogP contribution < -0.4 is 15.4 Å². The van der Waals surface area contributed by atoms with Gasteiger partial charge in [0.15, 0.2) is 0 Å². The van der Waals surface area contributed by atoms with Crippen molar-refractivity contribution in [2.24, 2.45) is 0 Å². The number of primary amides is 1. The minimum absolute atomic E-state index is 0.114. The predicted octanol–water partition coefficient (Wildman–Crippen LogP) is 4.25. The molecule has 3 aromatic rings. The quantitative estimate of drug-likeness (QED) is 0.573. The Kier molecular flexibility index (Phi) is 5.39. The molecule has 0 radical (unpaired) electrons. The second-order valence-corrected chi connectivity index (χ2v) is 8.16. The van der Waals surface area contributed by atoms with Crippen molar-refractivity contribution in [2.45, 2.75) is 12.5 Å². The second-order valence-electron chi connectivity index (χ2n) is 7.75. The van der Waals surface area contributed by atoms with Gasteiger partial charge >= 0.3 is 6.09 Å². The number of rotatable bonds is 5. The highest BCUT2D eigenvalue weighted by molar-refractivity contribution is 6.37. The zero-order valence-electron chi connectivity index (χ0n) is 17.0. The van der Waals surface area contributed by atoms with Gasteiger partial charge in [-0.1, -0.05) is 41.9 Å². The van der Waals surface area contributed by atoms with Gasteiger partial charge in [0.2, 0.25) is 0 Å². The predicted molar refractivity (Wildman–Crippen MR) is 122 cm³/mol. The topological polar surface area (TPSA) is 81.2 Å². The SMILES string of the molecule is O=C1[NH2+]C(Cc2ccc(Oc3ccc(/C=C4/C(=O)Nc5ccccc54)c(Cl)c3)cc2)CO1. The lowest BCUT2D eigenvalue weighted by molar-refractivity contribution is -0.579. The fourth-order valence-corrected chi connectivity index (χ4v) is 4.08. The molecule has 1 atom stereocenters. The summed E-state index contributed by atoms with van der Waals surface area (Å²) in [6.07, 6.45) is 2.29. The molecule has 160 valence electrons. The van der Waals surface area contributed by atoms with Gasteiger partial charge in [0, 0.05) is 23.2 Å². The fraction of sp³-hybridized carbons (Fsp3) is 0.120. The summed E-state index contributed by atoms with van der Waals surface area (Å²) in [5, 5.41) is 4.97. The van der Waals surface area contributed by atoms with E-state index in [0.717, 1.165) is 28.8 Å². The zero-order chi connectivity index (χ0) is 22.1. The molecule has 7 heteroatoms. The van der Waals surface area contributed by atoms with E-state index in [9.17, 15) is 9.59 Å². The number of amides is 2. The summed E-state index contributed by atoms with van der Waals surface area (Å²) in [4.78, 5) is 23.5. The van der Waals surface area contributed by atoms with Crippen molar-refractivity contribution < 1.29 is 24.4 Å². The Hall–Kier alpha value is -3.61. The largest absolute Gasteiger partial charge is 0.513 e. The number of hydrogen-bond acceptors (Lipinski definition) is 4. The summed E-state index contributed by atoms with van der Waals surface area (Å²) in [6, 6.07) is 20.8. The average Bonchev–Trinajstić information content (AvgIpc) is 3.33. The monoisotopic (exact) mass is 447 g/mol. The van der Waals surface area contributed by atoms with E-state index in [-0.39, 0.29) is 18.0 Å². The number of nitrogens with two attached hydrogens (primary N) is 1. The van der Waals surface area contributed by atoms with Crippen LogP contribution in [0.1, 0.15) is 16.7 Å². The lowest BCUT2D eigenvalue weighted by Crippen LogP contribution is -2.90. The van der Waals surface area contributed by atoms with Crippen molar-refractivity contribution in [1.82, 2.24) is 0 Å². The van der Waals surface area contributed by atoms with Gasteiger partial charge in [-0.25, -0.2) is 5.32 Å². The third kappa shape index (κ3) is 4.23. The van der Waals surface area contributed by atoms with Crippen molar-refractivity contribution >= 4 is 40.9 Å². The standard InChI is InChI=1S/C25H19ClN2O4/c26-22-13-19(32-18-8-5-15(6-9-18)11-17-14-31-25(30)27-17)10-7-16(22)12-21-20-3-1-2-4-23(20)28-24(21)29/h1-10,12-13,17H,11,14H2,(H,27,30)(H,28,29)/p+1/b21-12+. The van der Waals surface area contributed by atoms with Crippen LogP contribution >= 0.6 is 11.6 Å². The number of quaternary nitrogens is 1. The van der Waals surface area contributed by atoms with Crippen LogP contribution in [0.5, 0.6) is 11.5 Å². The number of anilines is 1. The number of fused-ring (bicyclic) bond motifs is 1. The third-order valence-electron chi connectivity index (χ3n) is 5.45. The first-order valence-electron chi connectivity index (χ1n) is 10.3. The van der Waals surface area contributed by atoms with Crippen molar-refractivity contribution in [2.75, 3.05) is 11.9 Å². The Morgan fingerprint density at radius 2 is 1.84 bits per heavy atom. The van der Waals surface area contributed by atoms with E-state index in [1.54, 1.807) is 17.5 Å². The summed E-state index contributed by atoms with van der Waals surface area (Å²) in [5.41, 5.74) is 4.08. The lowest BCUT2D eigenvalue weighted by atomic mass is 10.0. The molecule has 0 bridgehead atoms. The molecule has 32 heavy (non-hydrogen) atoms. The molecule has 1 saturated heterocycles. The Bertz CT molecular complexity index is 1240. The molecular weight excluding hydrogens is 428 g/mol. The summed E-state index contributed by atoms with van der Waals surface area (Å²) >= 11 is 6.48. The van der Waals surface area contributed by atoms with Gasteiger partial charge in [-0.3, -0.25) is 4.79 Å². The maximum atomic E-state index is 12.3. The van der Waals surface area contributed by atoms with Crippen molar-refractivity contribution in [1.29, 1.82) is 0 Å². The van der Waals surface area contributed by atoms with Crippen molar-refractivity contribution in [3.05, 3.63) is 88.4 Å². The number of benzene rings is 3. The van der Waals surface area contributed by atoms with Crippen LogP contribution in [-0.4, -0.2) is 24.6 Å². The first kappa shape index (κ1) is 20.3. The molecule has 0 aliphatic carbocycles. The van der Waals surface area contributed by atoms with Crippen molar-refractivity contribution in [3.63, 3.8) is 0 Å². The molecule has 0 aromatic heterocycles. The van der Waals surface area contributed by atoms with E-state index in [1.807, 2.05) is 60.7 Å². The molecule has 0 spiro atoms. The summed E-state index contributed by atoms with van der Waals surface area (Å²) < 4.78 is 10.9. The van der Waals surface area contributed by atoms with Gasteiger partial charge in [0.05, 0.1) is 5.02 Å².